The van der Waals surface area contributed by atoms with Gasteiger partial charge in [-0.05, 0) is 11.1 Å². The van der Waals surface area contributed by atoms with Crippen LogP contribution in [0.3, 0.4) is 0 Å². The van der Waals surface area contributed by atoms with Gasteiger partial charge in [-0.1, -0.05) is 31.2 Å². The van der Waals surface area contributed by atoms with E-state index in [0.29, 0.717) is 6.61 Å². The van der Waals surface area contributed by atoms with E-state index >= 15 is 0 Å². The molecule has 1 unspecified atom stereocenters. The first-order valence-electron chi connectivity index (χ1n) is 6.09. The normalized spacial score (nSPS) is 11.9. The first kappa shape index (κ1) is 15.2. The van der Waals surface area contributed by atoms with Crippen molar-refractivity contribution < 1.29 is 19.4 Å². The molecule has 1 aromatic carbocycles. The maximum absolute atomic E-state index is 11.7. The third-order valence-corrected chi connectivity index (χ3v) is 2.69. The molecule has 5 heteroatoms. The van der Waals surface area contributed by atoms with Crippen LogP contribution < -0.4 is 5.32 Å². The van der Waals surface area contributed by atoms with Gasteiger partial charge in [-0.25, -0.2) is 0 Å². The minimum absolute atomic E-state index is 0.145. The van der Waals surface area contributed by atoms with Gasteiger partial charge in [0.1, 0.15) is 0 Å². The molecule has 0 saturated heterocycles. The number of rotatable bonds is 7. The summed E-state index contributed by atoms with van der Waals surface area (Å²) in [5, 5.41) is 11.3. The Hall–Kier alpha value is -1.88. The van der Waals surface area contributed by atoms with E-state index in [4.69, 9.17) is 9.84 Å². The highest BCUT2D eigenvalue weighted by molar-refractivity contribution is 5.79. The molecule has 19 heavy (non-hydrogen) atoms. The predicted octanol–water partition coefficient (Wildman–Crippen LogP) is 1.21. The minimum Gasteiger partial charge on any atom is -0.481 e. The third-order valence-electron chi connectivity index (χ3n) is 2.69. The van der Waals surface area contributed by atoms with Crippen molar-refractivity contribution in [3.05, 3.63) is 35.4 Å². The number of hydrogen-bond acceptors (Lipinski definition) is 3. The first-order chi connectivity index (χ1) is 9.02. The summed E-state index contributed by atoms with van der Waals surface area (Å²) in [5.41, 5.74) is 1.89. The lowest BCUT2D eigenvalue weighted by Gasteiger charge is -2.09. The van der Waals surface area contributed by atoms with Crippen molar-refractivity contribution >= 4 is 11.9 Å². The Morgan fingerprint density at radius 1 is 1.37 bits per heavy atom. The summed E-state index contributed by atoms with van der Waals surface area (Å²) < 4.78 is 5.03. The van der Waals surface area contributed by atoms with Gasteiger partial charge >= 0.3 is 5.97 Å². The fraction of sp³-hybridized carbons (Fsp3) is 0.429. The fourth-order valence-electron chi connectivity index (χ4n) is 1.60. The molecule has 0 aliphatic carbocycles. The van der Waals surface area contributed by atoms with Crippen molar-refractivity contribution in [1.82, 2.24) is 5.32 Å². The smallest absolute Gasteiger partial charge is 0.308 e. The highest BCUT2D eigenvalue weighted by Gasteiger charge is 2.12. The van der Waals surface area contributed by atoms with Crippen LogP contribution in [0.5, 0.6) is 0 Å². The molecule has 1 amide bonds. The van der Waals surface area contributed by atoms with Gasteiger partial charge in [0.15, 0.2) is 0 Å². The maximum Gasteiger partial charge on any atom is 0.308 e. The zero-order valence-electron chi connectivity index (χ0n) is 11.2. The summed E-state index contributed by atoms with van der Waals surface area (Å²) in [6.07, 6.45) is 0.240. The second-order valence-electron chi connectivity index (χ2n) is 4.47. The van der Waals surface area contributed by atoms with Crippen LogP contribution in [-0.2, 0) is 27.4 Å². The molecule has 104 valence electrons. The Bertz CT molecular complexity index is 445. The molecule has 5 nitrogen and oxygen atoms in total. The average Bonchev–Trinajstić information content (AvgIpc) is 2.36. The topological polar surface area (TPSA) is 75.6 Å². The molecule has 0 bridgehead atoms. The van der Waals surface area contributed by atoms with E-state index < -0.39 is 11.9 Å². The molecular formula is C14H19NO4. The lowest BCUT2D eigenvalue weighted by Crippen LogP contribution is -2.32. The lowest BCUT2D eigenvalue weighted by molar-refractivity contribution is -0.141. The van der Waals surface area contributed by atoms with E-state index in [1.807, 2.05) is 24.3 Å². The van der Waals surface area contributed by atoms with Crippen LogP contribution in [0.4, 0.5) is 0 Å². The van der Waals surface area contributed by atoms with E-state index in [2.05, 4.69) is 5.32 Å². The van der Waals surface area contributed by atoms with E-state index in [0.717, 1.165) is 11.1 Å². The van der Waals surface area contributed by atoms with Crippen LogP contribution in [0.1, 0.15) is 18.1 Å². The van der Waals surface area contributed by atoms with Gasteiger partial charge in [0.05, 0.1) is 18.9 Å². The first-order valence-corrected chi connectivity index (χ1v) is 6.09. The Morgan fingerprint density at radius 2 is 2.05 bits per heavy atom. The van der Waals surface area contributed by atoms with Gasteiger partial charge in [0, 0.05) is 13.7 Å². The van der Waals surface area contributed by atoms with Gasteiger partial charge in [-0.2, -0.15) is 0 Å². The van der Waals surface area contributed by atoms with E-state index in [1.165, 1.54) is 0 Å². The number of benzene rings is 1. The average molecular weight is 265 g/mol. The van der Waals surface area contributed by atoms with Crippen LogP contribution in [0, 0.1) is 5.92 Å². The molecule has 0 fully saturated rings. The molecule has 0 saturated carbocycles. The molecule has 0 radical (unpaired) electrons. The fourth-order valence-corrected chi connectivity index (χ4v) is 1.60. The molecule has 0 spiro atoms. The van der Waals surface area contributed by atoms with Crippen molar-refractivity contribution in [3.63, 3.8) is 0 Å². The van der Waals surface area contributed by atoms with Crippen LogP contribution in [0.15, 0.2) is 24.3 Å². The monoisotopic (exact) mass is 265 g/mol. The van der Waals surface area contributed by atoms with Gasteiger partial charge in [-0.15, -0.1) is 0 Å². The number of ether oxygens (including phenoxy) is 1. The lowest BCUT2D eigenvalue weighted by atomic mass is 10.1. The molecule has 0 aliphatic heterocycles. The van der Waals surface area contributed by atoms with E-state index in [-0.39, 0.29) is 18.9 Å². The number of carbonyl (C=O) groups excluding carboxylic acids is 1. The largest absolute Gasteiger partial charge is 0.481 e. The third kappa shape index (κ3) is 5.52. The molecule has 0 heterocycles. The van der Waals surface area contributed by atoms with Crippen LogP contribution in [0.25, 0.3) is 0 Å². The summed E-state index contributed by atoms with van der Waals surface area (Å²) in [6, 6.07) is 7.57. The van der Waals surface area contributed by atoms with Crippen LogP contribution >= 0.6 is 0 Å². The second-order valence-corrected chi connectivity index (χ2v) is 4.47. The SMILES string of the molecule is COCc1cccc(CC(=O)NCC(C)C(=O)O)c1. The number of amides is 1. The number of carbonyl (C=O) groups is 2. The summed E-state index contributed by atoms with van der Waals surface area (Å²) in [6.45, 7) is 2.21. The molecular weight excluding hydrogens is 246 g/mol. The summed E-state index contributed by atoms with van der Waals surface area (Å²) >= 11 is 0. The number of aliphatic carboxylic acids is 1. The zero-order chi connectivity index (χ0) is 14.3. The Kier molecular flexibility index (Phi) is 6.02. The highest BCUT2D eigenvalue weighted by atomic mass is 16.5. The van der Waals surface area contributed by atoms with Gasteiger partial charge < -0.3 is 15.2 Å². The Balaban J connectivity index is 2.48. The summed E-state index contributed by atoms with van der Waals surface area (Å²) in [7, 11) is 1.62. The van der Waals surface area contributed by atoms with E-state index in [9.17, 15) is 9.59 Å². The number of nitrogens with one attached hydrogen (secondary N) is 1. The van der Waals surface area contributed by atoms with E-state index in [1.54, 1.807) is 14.0 Å². The van der Waals surface area contributed by atoms with Crippen molar-refractivity contribution in [2.75, 3.05) is 13.7 Å². The molecule has 0 aliphatic rings. The molecule has 1 aromatic rings. The maximum atomic E-state index is 11.7. The molecule has 1 rings (SSSR count). The van der Waals surface area contributed by atoms with Crippen molar-refractivity contribution in [1.29, 1.82) is 0 Å². The number of carboxylic acids is 1. The summed E-state index contributed by atoms with van der Waals surface area (Å²) in [4.78, 5) is 22.3. The van der Waals surface area contributed by atoms with Crippen molar-refractivity contribution in [2.24, 2.45) is 5.92 Å². The predicted molar refractivity (Wildman–Crippen MR) is 70.7 cm³/mol. The molecule has 0 aromatic heterocycles. The number of carboxylic acid groups (broad SMARTS) is 1. The second kappa shape index (κ2) is 7.53. The Labute approximate surface area is 112 Å². The zero-order valence-corrected chi connectivity index (χ0v) is 11.2. The van der Waals surface area contributed by atoms with Gasteiger partial charge in [0.2, 0.25) is 5.91 Å². The van der Waals surface area contributed by atoms with Gasteiger partial charge in [-0.3, -0.25) is 9.59 Å². The number of methoxy groups -OCH3 is 1. The van der Waals surface area contributed by atoms with Crippen molar-refractivity contribution in [3.8, 4) is 0 Å². The standard InChI is InChI=1S/C14H19NO4/c1-10(14(17)18)8-15-13(16)7-11-4-3-5-12(6-11)9-19-2/h3-6,10H,7-9H2,1-2H3,(H,15,16)(H,17,18). The number of hydrogen-bond donors (Lipinski definition) is 2. The van der Waals surface area contributed by atoms with Crippen LogP contribution in [-0.4, -0.2) is 30.6 Å². The molecule has 1 atom stereocenters. The minimum atomic E-state index is -0.914. The highest BCUT2D eigenvalue weighted by Crippen LogP contribution is 2.07. The van der Waals surface area contributed by atoms with Crippen LogP contribution in [0.2, 0.25) is 0 Å². The molecule has 2 N–H and O–H groups in total. The van der Waals surface area contributed by atoms with Crippen molar-refractivity contribution in [2.45, 2.75) is 20.0 Å². The quantitative estimate of drug-likeness (QED) is 0.777. The Morgan fingerprint density at radius 3 is 2.68 bits per heavy atom. The van der Waals surface area contributed by atoms with Gasteiger partial charge in [0.25, 0.3) is 0 Å². The summed E-state index contributed by atoms with van der Waals surface area (Å²) in [5.74, 6) is -1.67.